The van der Waals surface area contributed by atoms with E-state index < -0.39 is 8.07 Å². The number of hydrogen-bond acceptors (Lipinski definition) is 0. The van der Waals surface area contributed by atoms with E-state index in [-0.39, 0.29) is 0 Å². The normalized spacial score (nSPS) is 11.6. The minimum atomic E-state index is -1.10. The number of benzene rings is 1. The zero-order chi connectivity index (χ0) is 8.48. The highest BCUT2D eigenvalue weighted by Crippen LogP contribution is 1.99. The predicted octanol–water partition coefficient (Wildman–Crippen LogP) is 1.03. The molecule has 3 radical (unpaired) electrons. The van der Waals surface area contributed by atoms with Gasteiger partial charge in [0.1, 0.15) is 0 Å². The Morgan fingerprint density at radius 3 is 2.18 bits per heavy atom. The Morgan fingerprint density at radius 2 is 1.82 bits per heavy atom. The summed E-state index contributed by atoms with van der Waals surface area (Å²) in [4.78, 5) is 0. The molecule has 0 aliphatic rings. The number of hydrogen-bond donors (Lipinski definition) is 0. The van der Waals surface area contributed by atoms with Gasteiger partial charge >= 0.3 is 0 Å². The maximum Gasteiger partial charge on any atom is 0.0775 e. The lowest BCUT2D eigenvalue weighted by molar-refractivity contribution is 1.71. The van der Waals surface area contributed by atoms with Crippen LogP contribution in [0.1, 0.15) is 0 Å². The molecule has 0 fully saturated rings. The van der Waals surface area contributed by atoms with E-state index in [2.05, 4.69) is 54.1 Å². The van der Waals surface area contributed by atoms with Crippen molar-refractivity contribution >= 4 is 28.7 Å². The molecule has 0 bridgehead atoms. The van der Waals surface area contributed by atoms with Crippen LogP contribution in [0, 0.1) is 0 Å². The minimum absolute atomic E-state index is 1.10. The molecule has 2 heteroatoms. The highest BCUT2D eigenvalue weighted by atomic mass is 28.3. The Balaban J connectivity index is 3.06. The molecule has 0 amide bonds. The average Bonchev–Trinajstić information content (AvgIpc) is 1.86. The summed E-state index contributed by atoms with van der Waals surface area (Å²) in [6.45, 7) is 7.07. The molecule has 0 aliphatic carbocycles. The first-order chi connectivity index (χ1) is 5.00. The molecule has 0 nitrogen and oxygen atoms in total. The molecular weight excluding hydrogens is 164 g/mol. The highest BCUT2D eigenvalue weighted by Gasteiger charge is 2.15. The zero-order valence-electron chi connectivity index (χ0n) is 7.31. The van der Waals surface area contributed by atoms with Gasteiger partial charge in [0.2, 0.25) is 0 Å². The second kappa shape index (κ2) is 2.95. The molecular formula is C9H13Si2. The predicted molar refractivity (Wildman–Crippen MR) is 54.8 cm³/mol. The molecule has 0 aromatic heterocycles. The molecule has 0 unspecified atom stereocenters. The van der Waals surface area contributed by atoms with Crippen LogP contribution in [0.15, 0.2) is 24.3 Å². The van der Waals surface area contributed by atoms with Gasteiger partial charge in [0, 0.05) is 0 Å². The molecule has 1 aromatic rings. The second-order valence-electron chi connectivity index (χ2n) is 3.83. The summed E-state index contributed by atoms with van der Waals surface area (Å²) in [5, 5.41) is 2.69. The van der Waals surface area contributed by atoms with Gasteiger partial charge in [-0.3, -0.25) is 0 Å². The molecule has 1 rings (SSSR count). The fraction of sp³-hybridized carbons (Fsp3) is 0.333. The fourth-order valence-corrected chi connectivity index (χ4v) is 2.57. The molecule has 11 heavy (non-hydrogen) atoms. The third-order valence-corrected chi connectivity index (χ3v) is 4.08. The first-order valence-electron chi connectivity index (χ1n) is 3.82. The molecule has 0 heterocycles. The lowest BCUT2D eigenvalue weighted by atomic mass is 10.4. The fourth-order valence-electron chi connectivity index (χ4n) is 0.986. The standard InChI is InChI=1S/C9H13Si2/c1-11(2,3)9-6-4-5-8(10)7-9/h4-7H,1-3H3. The van der Waals surface area contributed by atoms with Gasteiger partial charge in [-0.05, 0) is 0 Å². The van der Waals surface area contributed by atoms with Crippen LogP contribution >= 0.6 is 0 Å². The van der Waals surface area contributed by atoms with Crippen LogP contribution in [0.4, 0.5) is 0 Å². The van der Waals surface area contributed by atoms with Crippen molar-refractivity contribution in [1.29, 1.82) is 0 Å². The van der Waals surface area contributed by atoms with Crippen molar-refractivity contribution in [3.63, 3.8) is 0 Å². The van der Waals surface area contributed by atoms with Gasteiger partial charge in [0.05, 0.1) is 18.3 Å². The van der Waals surface area contributed by atoms with Crippen molar-refractivity contribution in [3.05, 3.63) is 24.3 Å². The van der Waals surface area contributed by atoms with Gasteiger partial charge in [-0.1, -0.05) is 54.3 Å². The van der Waals surface area contributed by atoms with Gasteiger partial charge in [0.15, 0.2) is 0 Å². The molecule has 57 valence electrons. The van der Waals surface area contributed by atoms with E-state index in [1.807, 2.05) is 0 Å². The maximum absolute atomic E-state index is 3.53. The van der Waals surface area contributed by atoms with E-state index in [0.29, 0.717) is 0 Å². The third kappa shape index (κ3) is 2.31. The van der Waals surface area contributed by atoms with Gasteiger partial charge in [-0.2, -0.15) is 0 Å². The van der Waals surface area contributed by atoms with Crippen LogP contribution in [0.2, 0.25) is 19.6 Å². The largest absolute Gasteiger partial charge is 0.0775 e. The van der Waals surface area contributed by atoms with Gasteiger partial charge < -0.3 is 0 Å². The van der Waals surface area contributed by atoms with Crippen molar-refractivity contribution in [3.8, 4) is 0 Å². The van der Waals surface area contributed by atoms with Crippen molar-refractivity contribution in [2.45, 2.75) is 19.6 Å². The summed E-state index contributed by atoms with van der Waals surface area (Å²) in [5.41, 5.74) is 0. The molecule has 0 saturated heterocycles. The van der Waals surface area contributed by atoms with E-state index in [1.54, 1.807) is 0 Å². The molecule has 0 saturated carbocycles. The number of rotatable bonds is 1. The molecule has 0 aliphatic heterocycles. The minimum Gasteiger partial charge on any atom is -0.0675 e. The summed E-state index contributed by atoms with van der Waals surface area (Å²) >= 11 is 0. The smallest absolute Gasteiger partial charge is 0.0675 e. The SMILES string of the molecule is C[Si](C)(C)c1cccc([Si])c1. The van der Waals surface area contributed by atoms with Crippen LogP contribution in [0.25, 0.3) is 0 Å². The van der Waals surface area contributed by atoms with Crippen molar-refractivity contribution in [1.82, 2.24) is 0 Å². The lowest BCUT2D eigenvalue weighted by Gasteiger charge is -2.16. The van der Waals surface area contributed by atoms with E-state index >= 15 is 0 Å². The summed E-state index contributed by atoms with van der Waals surface area (Å²) in [6.07, 6.45) is 0. The molecule has 0 N–H and O–H groups in total. The summed E-state index contributed by atoms with van der Waals surface area (Å²) in [7, 11) is 2.43. The monoisotopic (exact) mass is 177 g/mol. The van der Waals surface area contributed by atoms with Gasteiger partial charge in [-0.25, -0.2) is 0 Å². The molecule has 0 atom stereocenters. The Morgan fingerprint density at radius 1 is 1.18 bits per heavy atom. The average molecular weight is 177 g/mol. The van der Waals surface area contributed by atoms with Crippen LogP contribution in [0.3, 0.4) is 0 Å². The van der Waals surface area contributed by atoms with E-state index in [9.17, 15) is 0 Å². The van der Waals surface area contributed by atoms with Gasteiger partial charge in [0.25, 0.3) is 0 Å². The Labute approximate surface area is 73.1 Å². The van der Waals surface area contributed by atoms with Crippen molar-refractivity contribution < 1.29 is 0 Å². The quantitative estimate of drug-likeness (QED) is 0.562. The Hall–Kier alpha value is -0.346. The van der Waals surface area contributed by atoms with Crippen LogP contribution in [0.5, 0.6) is 0 Å². The van der Waals surface area contributed by atoms with E-state index in [4.69, 9.17) is 0 Å². The highest BCUT2D eigenvalue weighted by molar-refractivity contribution is 6.88. The summed E-state index contributed by atoms with van der Waals surface area (Å²) in [5.74, 6) is 0. The van der Waals surface area contributed by atoms with Gasteiger partial charge in [-0.15, -0.1) is 0 Å². The van der Waals surface area contributed by atoms with Crippen molar-refractivity contribution in [2.75, 3.05) is 0 Å². The first kappa shape index (κ1) is 8.75. The van der Waals surface area contributed by atoms with Crippen molar-refractivity contribution in [2.24, 2.45) is 0 Å². The zero-order valence-corrected chi connectivity index (χ0v) is 9.31. The van der Waals surface area contributed by atoms with E-state index in [0.717, 1.165) is 0 Å². The third-order valence-electron chi connectivity index (χ3n) is 1.73. The summed E-state index contributed by atoms with van der Waals surface area (Å²) < 4.78 is 0. The Bertz CT molecular complexity index is 248. The topological polar surface area (TPSA) is 0 Å². The first-order valence-corrected chi connectivity index (χ1v) is 7.82. The lowest BCUT2D eigenvalue weighted by Crippen LogP contribution is -2.39. The van der Waals surface area contributed by atoms with Crippen LogP contribution in [-0.2, 0) is 0 Å². The molecule has 1 aromatic carbocycles. The second-order valence-corrected chi connectivity index (χ2v) is 9.49. The maximum atomic E-state index is 3.53. The molecule has 0 spiro atoms. The Kier molecular flexibility index (Phi) is 2.35. The van der Waals surface area contributed by atoms with Crippen LogP contribution < -0.4 is 10.4 Å². The summed E-state index contributed by atoms with van der Waals surface area (Å²) in [6, 6.07) is 8.62. The van der Waals surface area contributed by atoms with Crippen LogP contribution in [-0.4, -0.2) is 18.3 Å². The van der Waals surface area contributed by atoms with E-state index in [1.165, 1.54) is 10.4 Å².